The predicted octanol–water partition coefficient (Wildman–Crippen LogP) is 4.03. The SMILES string of the molecule is CCCCCCC1=CCCC(=O)CC1. The second kappa shape index (κ2) is 6.80. The molecule has 0 spiro atoms. The second-order valence-electron chi connectivity index (χ2n) is 4.25. The van der Waals surface area contributed by atoms with Crippen molar-refractivity contribution in [3.8, 4) is 0 Å². The monoisotopic (exact) mass is 194 g/mol. The fraction of sp³-hybridized carbons (Fsp3) is 0.769. The van der Waals surface area contributed by atoms with Gasteiger partial charge in [-0.25, -0.2) is 0 Å². The van der Waals surface area contributed by atoms with Gasteiger partial charge in [0.2, 0.25) is 0 Å². The summed E-state index contributed by atoms with van der Waals surface area (Å²) in [5.41, 5.74) is 1.53. The Bertz CT molecular complexity index is 203. The van der Waals surface area contributed by atoms with Gasteiger partial charge >= 0.3 is 0 Å². The van der Waals surface area contributed by atoms with Gasteiger partial charge in [0.15, 0.2) is 0 Å². The van der Waals surface area contributed by atoms with E-state index in [1.165, 1.54) is 37.7 Å². The largest absolute Gasteiger partial charge is 0.300 e. The lowest BCUT2D eigenvalue weighted by molar-refractivity contribution is -0.118. The zero-order valence-electron chi connectivity index (χ0n) is 9.35. The van der Waals surface area contributed by atoms with Gasteiger partial charge in [0.1, 0.15) is 5.78 Å². The Balaban J connectivity index is 2.16. The van der Waals surface area contributed by atoms with Crippen molar-refractivity contribution in [3.05, 3.63) is 11.6 Å². The Morgan fingerprint density at radius 2 is 2.00 bits per heavy atom. The molecule has 0 bridgehead atoms. The van der Waals surface area contributed by atoms with Gasteiger partial charge in [0.25, 0.3) is 0 Å². The Morgan fingerprint density at radius 1 is 1.14 bits per heavy atom. The number of carbonyl (C=O) groups excluding carboxylic acids is 1. The molecule has 0 aliphatic heterocycles. The normalized spacial score (nSPS) is 17.8. The molecule has 0 saturated heterocycles. The van der Waals surface area contributed by atoms with Gasteiger partial charge in [0, 0.05) is 12.8 Å². The number of ketones is 1. The summed E-state index contributed by atoms with van der Waals surface area (Å²) in [5, 5.41) is 0. The van der Waals surface area contributed by atoms with Gasteiger partial charge < -0.3 is 0 Å². The van der Waals surface area contributed by atoms with Gasteiger partial charge in [-0.2, -0.15) is 0 Å². The molecule has 0 unspecified atom stereocenters. The predicted molar refractivity (Wildman–Crippen MR) is 60.3 cm³/mol. The maximum Gasteiger partial charge on any atom is 0.133 e. The van der Waals surface area contributed by atoms with E-state index in [1.807, 2.05) is 0 Å². The third-order valence-electron chi connectivity index (χ3n) is 2.93. The van der Waals surface area contributed by atoms with Crippen LogP contribution >= 0.6 is 0 Å². The number of hydrogen-bond donors (Lipinski definition) is 0. The lowest BCUT2D eigenvalue weighted by atomic mass is 10.0. The number of allylic oxidation sites excluding steroid dienone is 2. The van der Waals surface area contributed by atoms with E-state index in [4.69, 9.17) is 0 Å². The van der Waals surface area contributed by atoms with Crippen molar-refractivity contribution >= 4 is 5.78 Å². The summed E-state index contributed by atoms with van der Waals surface area (Å²) in [6, 6.07) is 0. The van der Waals surface area contributed by atoms with E-state index in [0.717, 1.165) is 25.7 Å². The van der Waals surface area contributed by atoms with Crippen LogP contribution in [0.2, 0.25) is 0 Å². The summed E-state index contributed by atoms with van der Waals surface area (Å²) < 4.78 is 0. The molecule has 0 atom stereocenters. The molecule has 0 amide bonds. The van der Waals surface area contributed by atoms with Crippen LogP contribution in [0.3, 0.4) is 0 Å². The lowest BCUT2D eigenvalue weighted by Gasteiger charge is -2.03. The minimum absolute atomic E-state index is 0.449. The van der Waals surface area contributed by atoms with Crippen LogP contribution in [0.4, 0.5) is 0 Å². The molecule has 14 heavy (non-hydrogen) atoms. The fourth-order valence-corrected chi connectivity index (χ4v) is 1.97. The standard InChI is InChI=1S/C13H22O/c1-2-3-4-5-7-12-8-6-9-13(14)11-10-12/h8H,2-7,9-11H2,1H3. The summed E-state index contributed by atoms with van der Waals surface area (Å²) in [7, 11) is 0. The third kappa shape index (κ3) is 4.59. The zero-order valence-corrected chi connectivity index (χ0v) is 9.35. The number of unbranched alkanes of at least 4 members (excludes halogenated alkanes) is 3. The van der Waals surface area contributed by atoms with Crippen molar-refractivity contribution < 1.29 is 4.79 Å². The first kappa shape index (κ1) is 11.5. The van der Waals surface area contributed by atoms with Crippen molar-refractivity contribution in [1.82, 2.24) is 0 Å². The first-order valence-corrected chi connectivity index (χ1v) is 6.02. The van der Waals surface area contributed by atoms with Gasteiger partial charge in [-0.1, -0.05) is 37.8 Å². The number of rotatable bonds is 5. The lowest BCUT2D eigenvalue weighted by Crippen LogP contribution is -1.93. The van der Waals surface area contributed by atoms with E-state index in [-0.39, 0.29) is 0 Å². The van der Waals surface area contributed by atoms with Crippen molar-refractivity contribution in [2.24, 2.45) is 0 Å². The van der Waals surface area contributed by atoms with E-state index in [2.05, 4.69) is 13.0 Å². The Kier molecular flexibility index (Phi) is 5.58. The first-order chi connectivity index (χ1) is 6.83. The Hall–Kier alpha value is -0.590. The van der Waals surface area contributed by atoms with Crippen molar-refractivity contribution in [2.75, 3.05) is 0 Å². The second-order valence-corrected chi connectivity index (χ2v) is 4.25. The molecule has 0 saturated carbocycles. The minimum Gasteiger partial charge on any atom is -0.300 e. The third-order valence-corrected chi connectivity index (χ3v) is 2.93. The highest BCUT2D eigenvalue weighted by Crippen LogP contribution is 2.20. The molecule has 0 radical (unpaired) electrons. The summed E-state index contributed by atoms with van der Waals surface area (Å²) in [4.78, 5) is 11.2. The summed E-state index contributed by atoms with van der Waals surface area (Å²) >= 11 is 0. The van der Waals surface area contributed by atoms with Gasteiger partial charge in [-0.15, -0.1) is 0 Å². The highest BCUT2D eigenvalue weighted by Gasteiger charge is 2.08. The first-order valence-electron chi connectivity index (χ1n) is 6.02. The van der Waals surface area contributed by atoms with Gasteiger partial charge in [0.05, 0.1) is 0 Å². The van der Waals surface area contributed by atoms with Crippen LogP contribution in [0.15, 0.2) is 11.6 Å². The number of carbonyl (C=O) groups is 1. The maximum absolute atomic E-state index is 11.2. The highest BCUT2D eigenvalue weighted by molar-refractivity contribution is 5.79. The van der Waals surface area contributed by atoms with Gasteiger partial charge in [-0.05, 0) is 25.7 Å². The van der Waals surface area contributed by atoms with Crippen LogP contribution in [0.5, 0.6) is 0 Å². The van der Waals surface area contributed by atoms with Gasteiger partial charge in [-0.3, -0.25) is 4.79 Å². The van der Waals surface area contributed by atoms with E-state index >= 15 is 0 Å². The van der Waals surface area contributed by atoms with E-state index < -0.39 is 0 Å². The van der Waals surface area contributed by atoms with Crippen LogP contribution in [-0.4, -0.2) is 5.78 Å². The molecule has 1 aliphatic rings. The quantitative estimate of drug-likeness (QED) is 0.477. The van der Waals surface area contributed by atoms with Crippen LogP contribution in [0, 0.1) is 0 Å². The van der Waals surface area contributed by atoms with Crippen LogP contribution in [-0.2, 0) is 4.79 Å². The molecular weight excluding hydrogens is 172 g/mol. The van der Waals surface area contributed by atoms with Crippen LogP contribution in [0.25, 0.3) is 0 Å². The zero-order chi connectivity index (χ0) is 10.2. The summed E-state index contributed by atoms with van der Waals surface area (Å²) in [5.74, 6) is 0.449. The topological polar surface area (TPSA) is 17.1 Å². The maximum atomic E-state index is 11.2. The molecule has 0 aromatic rings. The average Bonchev–Trinajstić information content (AvgIpc) is 2.38. The van der Waals surface area contributed by atoms with Crippen molar-refractivity contribution in [2.45, 2.75) is 64.7 Å². The molecule has 1 nitrogen and oxygen atoms in total. The average molecular weight is 194 g/mol. The molecule has 80 valence electrons. The van der Waals surface area contributed by atoms with E-state index in [1.54, 1.807) is 0 Å². The van der Waals surface area contributed by atoms with Crippen molar-refractivity contribution in [3.63, 3.8) is 0 Å². The summed E-state index contributed by atoms with van der Waals surface area (Å²) in [6.45, 7) is 2.24. The van der Waals surface area contributed by atoms with Crippen molar-refractivity contribution in [1.29, 1.82) is 0 Å². The minimum atomic E-state index is 0.449. The summed E-state index contributed by atoms with van der Waals surface area (Å²) in [6.07, 6.45) is 12.4. The fourth-order valence-electron chi connectivity index (χ4n) is 1.97. The molecule has 0 aromatic carbocycles. The van der Waals surface area contributed by atoms with E-state index in [0.29, 0.717) is 5.78 Å². The Morgan fingerprint density at radius 3 is 2.79 bits per heavy atom. The van der Waals surface area contributed by atoms with Crippen LogP contribution < -0.4 is 0 Å². The molecule has 1 heteroatoms. The molecular formula is C13H22O. The molecule has 1 rings (SSSR count). The molecule has 1 aliphatic carbocycles. The molecule has 0 aromatic heterocycles. The Labute approximate surface area is 87.6 Å². The van der Waals surface area contributed by atoms with E-state index in [9.17, 15) is 4.79 Å². The highest BCUT2D eigenvalue weighted by atomic mass is 16.1. The molecule has 0 fully saturated rings. The van der Waals surface area contributed by atoms with Crippen LogP contribution in [0.1, 0.15) is 64.7 Å². The molecule has 0 heterocycles. The smallest absolute Gasteiger partial charge is 0.133 e. The molecule has 0 N–H and O–H groups in total. The number of Topliss-reactive ketones (excluding diaryl/α,β-unsaturated/α-hetero) is 1. The number of hydrogen-bond acceptors (Lipinski definition) is 1.